The number of rotatable bonds is 2. The van der Waals surface area contributed by atoms with Gasteiger partial charge in [0.1, 0.15) is 17.2 Å². The van der Waals surface area contributed by atoms with Crippen molar-refractivity contribution < 1.29 is 18.3 Å². The molecule has 0 saturated carbocycles. The molecule has 0 unspecified atom stereocenters. The third kappa shape index (κ3) is 2.14. The number of hydrogen-bond donors (Lipinski definition) is 2. The molecule has 0 aromatic heterocycles. The lowest BCUT2D eigenvalue weighted by molar-refractivity contribution is -0.135. The number of carbonyl (C=O) groups is 1. The molecule has 90 valence electrons. The van der Waals surface area contributed by atoms with Crippen LogP contribution in [0.5, 0.6) is 0 Å². The second-order valence-corrected chi connectivity index (χ2v) is 5.20. The van der Waals surface area contributed by atoms with Gasteiger partial charge in [0, 0.05) is 0 Å². The molecule has 1 aliphatic rings. The number of amidine groups is 1. The fourth-order valence-corrected chi connectivity index (χ4v) is 3.05. The molecule has 0 bridgehead atoms. The summed E-state index contributed by atoms with van der Waals surface area (Å²) in [5.41, 5.74) is 0.948. The zero-order chi connectivity index (χ0) is 12.6. The van der Waals surface area contributed by atoms with Gasteiger partial charge in [-0.3, -0.25) is 4.79 Å². The maximum Gasteiger partial charge on any atom is 0.311 e. The number of hydrogen-bond acceptors (Lipinski definition) is 4. The minimum atomic E-state index is -3.81. The Morgan fingerprint density at radius 3 is 2.82 bits per heavy atom. The highest BCUT2D eigenvalue weighted by Crippen LogP contribution is 2.30. The molecule has 0 spiro atoms. The predicted octanol–water partition coefficient (Wildman–Crippen LogP) is 0.982. The smallest absolute Gasteiger partial charge is 0.311 e. The molecule has 2 rings (SSSR count). The van der Waals surface area contributed by atoms with Crippen molar-refractivity contribution in [1.29, 1.82) is 0 Å². The first kappa shape index (κ1) is 11.6. The Labute approximate surface area is 98.0 Å². The largest absolute Gasteiger partial charge is 0.481 e. The Morgan fingerprint density at radius 2 is 2.18 bits per heavy atom. The average Bonchev–Trinajstić information content (AvgIpc) is 2.13. The van der Waals surface area contributed by atoms with Gasteiger partial charge in [-0.15, -0.1) is 4.40 Å². The molecular weight excluding hydrogens is 244 g/mol. The summed E-state index contributed by atoms with van der Waals surface area (Å²) in [5.74, 6) is -1.21. The van der Waals surface area contributed by atoms with E-state index in [1.165, 1.54) is 0 Å². The van der Waals surface area contributed by atoms with Crippen LogP contribution in [0.4, 0.5) is 5.69 Å². The van der Waals surface area contributed by atoms with E-state index < -0.39 is 22.4 Å². The van der Waals surface area contributed by atoms with Gasteiger partial charge in [0.25, 0.3) is 10.0 Å². The number of aliphatic carboxylic acids is 1. The fraction of sp³-hybridized carbons (Fsp3) is 0.200. The number of aryl methyl sites for hydroxylation is 1. The highest BCUT2D eigenvalue weighted by molar-refractivity contribution is 7.90. The summed E-state index contributed by atoms with van der Waals surface area (Å²) in [6, 6.07) is 4.94. The van der Waals surface area contributed by atoms with E-state index in [9.17, 15) is 13.2 Å². The van der Waals surface area contributed by atoms with Crippen molar-refractivity contribution in [2.75, 3.05) is 5.32 Å². The van der Waals surface area contributed by atoms with E-state index in [1.54, 1.807) is 25.1 Å². The monoisotopic (exact) mass is 254 g/mol. The number of fused-ring (bicyclic) bond motifs is 1. The maximum absolute atomic E-state index is 11.9. The zero-order valence-corrected chi connectivity index (χ0v) is 9.78. The Balaban J connectivity index is 2.55. The van der Waals surface area contributed by atoms with E-state index in [0.29, 0.717) is 11.3 Å². The zero-order valence-electron chi connectivity index (χ0n) is 8.97. The molecule has 1 aromatic carbocycles. The summed E-state index contributed by atoms with van der Waals surface area (Å²) in [4.78, 5) is 10.6. The van der Waals surface area contributed by atoms with Gasteiger partial charge in [-0.05, 0) is 18.6 Å². The molecule has 2 N–H and O–H groups in total. The lowest BCUT2D eigenvalue weighted by Gasteiger charge is -2.18. The average molecular weight is 254 g/mol. The van der Waals surface area contributed by atoms with E-state index in [4.69, 9.17) is 5.11 Å². The number of anilines is 1. The summed E-state index contributed by atoms with van der Waals surface area (Å²) in [6.07, 6.45) is -0.452. The first-order valence-electron chi connectivity index (χ1n) is 4.82. The van der Waals surface area contributed by atoms with E-state index in [0.717, 1.165) is 0 Å². The minimum Gasteiger partial charge on any atom is -0.481 e. The van der Waals surface area contributed by atoms with Gasteiger partial charge in [-0.25, -0.2) is 0 Å². The SMILES string of the molecule is Cc1cccc2c1S(=O)(=O)N=C(CC(=O)O)N2. The van der Waals surface area contributed by atoms with Gasteiger partial charge >= 0.3 is 5.97 Å². The number of nitrogens with zero attached hydrogens (tertiary/aromatic N) is 1. The molecule has 1 aliphatic heterocycles. The predicted molar refractivity (Wildman–Crippen MR) is 61.7 cm³/mol. The fourth-order valence-electron chi connectivity index (χ4n) is 1.68. The van der Waals surface area contributed by atoms with Gasteiger partial charge in [-0.1, -0.05) is 12.1 Å². The molecule has 0 radical (unpaired) electrons. The minimum absolute atomic E-state index is 0.0735. The van der Waals surface area contributed by atoms with Crippen molar-refractivity contribution in [3.8, 4) is 0 Å². The van der Waals surface area contributed by atoms with Crippen LogP contribution in [-0.4, -0.2) is 25.3 Å². The number of benzene rings is 1. The molecule has 0 aliphatic carbocycles. The van der Waals surface area contributed by atoms with Crippen molar-refractivity contribution in [2.24, 2.45) is 4.40 Å². The normalized spacial score (nSPS) is 16.6. The van der Waals surface area contributed by atoms with Gasteiger partial charge in [-0.2, -0.15) is 8.42 Å². The van der Waals surface area contributed by atoms with Crippen LogP contribution in [-0.2, 0) is 14.8 Å². The molecular formula is C10H10N2O4S. The Bertz CT molecular complexity index is 619. The Morgan fingerprint density at radius 1 is 1.47 bits per heavy atom. The molecule has 0 atom stereocenters. The first-order chi connectivity index (χ1) is 7.90. The number of sulfonamides is 1. The van der Waals surface area contributed by atoms with Gasteiger partial charge in [0.05, 0.1) is 5.69 Å². The molecule has 0 fully saturated rings. The second kappa shape index (κ2) is 3.85. The molecule has 6 nitrogen and oxygen atoms in total. The van der Waals surface area contributed by atoms with E-state index in [1.807, 2.05) is 0 Å². The van der Waals surface area contributed by atoms with E-state index in [2.05, 4.69) is 9.71 Å². The Hall–Kier alpha value is -1.89. The quantitative estimate of drug-likeness (QED) is 0.820. The molecule has 17 heavy (non-hydrogen) atoms. The van der Waals surface area contributed by atoms with Crippen LogP contribution in [0.2, 0.25) is 0 Å². The van der Waals surface area contributed by atoms with Crippen molar-refractivity contribution in [3.05, 3.63) is 23.8 Å². The number of carboxylic acids is 1. The van der Waals surface area contributed by atoms with Crippen LogP contribution in [0.25, 0.3) is 0 Å². The summed E-state index contributed by atoms with van der Waals surface area (Å²) >= 11 is 0. The summed E-state index contributed by atoms with van der Waals surface area (Å²) in [5, 5.41) is 11.3. The Kier molecular flexibility index (Phi) is 2.62. The number of carboxylic acid groups (broad SMARTS) is 1. The van der Waals surface area contributed by atoms with Crippen LogP contribution in [0.1, 0.15) is 12.0 Å². The highest BCUT2D eigenvalue weighted by Gasteiger charge is 2.27. The third-order valence-electron chi connectivity index (χ3n) is 2.30. The molecule has 0 saturated heterocycles. The molecule has 7 heteroatoms. The van der Waals surface area contributed by atoms with Crippen LogP contribution < -0.4 is 5.32 Å². The van der Waals surface area contributed by atoms with Crippen LogP contribution >= 0.6 is 0 Å². The standard InChI is InChI=1S/C10H10N2O4S/c1-6-3-2-4-7-10(6)17(15,16)12-8(11-7)5-9(13)14/h2-4H,5H2,1H3,(H,11,12)(H,13,14). The van der Waals surface area contributed by atoms with E-state index >= 15 is 0 Å². The van der Waals surface area contributed by atoms with Crippen molar-refractivity contribution in [1.82, 2.24) is 0 Å². The van der Waals surface area contributed by atoms with Crippen molar-refractivity contribution in [2.45, 2.75) is 18.2 Å². The first-order valence-corrected chi connectivity index (χ1v) is 6.26. The topological polar surface area (TPSA) is 95.8 Å². The highest BCUT2D eigenvalue weighted by atomic mass is 32.2. The van der Waals surface area contributed by atoms with Gasteiger partial charge in [0.2, 0.25) is 0 Å². The second-order valence-electron chi connectivity index (χ2n) is 3.66. The van der Waals surface area contributed by atoms with Gasteiger partial charge in [0.15, 0.2) is 0 Å². The molecule has 1 heterocycles. The lowest BCUT2D eigenvalue weighted by atomic mass is 10.2. The van der Waals surface area contributed by atoms with Crippen molar-refractivity contribution >= 4 is 27.5 Å². The maximum atomic E-state index is 11.9. The molecule has 0 amide bonds. The van der Waals surface area contributed by atoms with Crippen LogP contribution in [0, 0.1) is 6.92 Å². The summed E-state index contributed by atoms with van der Waals surface area (Å²) in [7, 11) is -3.81. The van der Waals surface area contributed by atoms with Crippen molar-refractivity contribution in [3.63, 3.8) is 0 Å². The third-order valence-corrected chi connectivity index (χ3v) is 3.82. The van der Waals surface area contributed by atoms with Crippen LogP contribution in [0.3, 0.4) is 0 Å². The number of nitrogens with one attached hydrogen (secondary N) is 1. The summed E-state index contributed by atoms with van der Waals surface area (Å²) in [6.45, 7) is 1.66. The summed E-state index contributed by atoms with van der Waals surface area (Å²) < 4.78 is 27.2. The van der Waals surface area contributed by atoms with Gasteiger partial charge < -0.3 is 10.4 Å². The molecule has 1 aromatic rings. The lowest BCUT2D eigenvalue weighted by Crippen LogP contribution is -2.24. The van der Waals surface area contributed by atoms with Crippen LogP contribution in [0.15, 0.2) is 27.5 Å². The van der Waals surface area contributed by atoms with E-state index in [-0.39, 0.29) is 10.7 Å².